The molecule has 0 bridgehead atoms. The maximum atomic E-state index is 14.0. The molecule has 0 aliphatic heterocycles. The van der Waals surface area contributed by atoms with Gasteiger partial charge in [0.1, 0.15) is 11.4 Å². The molecule has 0 saturated carbocycles. The van der Waals surface area contributed by atoms with Crippen molar-refractivity contribution in [2.24, 2.45) is 0 Å². The highest BCUT2D eigenvalue weighted by Gasteiger charge is 2.36. The van der Waals surface area contributed by atoms with Crippen LogP contribution in [0.15, 0.2) is 24.5 Å². The molecule has 0 aliphatic rings. The molecule has 2 aromatic heterocycles. The number of hydrogen-bond donors (Lipinski definition) is 1. The van der Waals surface area contributed by atoms with Crippen molar-refractivity contribution in [1.29, 1.82) is 0 Å². The summed E-state index contributed by atoms with van der Waals surface area (Å²) >= 11 is 0. The summed E-state index contributed by atoms with van der Waals surface area (Å²) in [6.07, 6.45) is -2.90. The molecular formula is C16H13F5N3OP. The van der Waals surface area contributed by atoms with Gasteiger partial charge in [0.05, 0.1) is 11.2 Å². The quantitative estimate of drug-likeness (QED) is 0.530. The van der Waals surface area contributed by atoms with Gasteiger partial charge in [-0.3, -0.25) is 0 Å². The van der Waals surface area contributed by atoms with E-state index in [2.05, 4.69) is 19.7 Å². The minimum atomic E-state index is -4.74. The van der Waals surface area contributed by atoms with Crippen molar-refractivity contribution in [3.05, 3.63) is 35.9 Å². The van der Waals surface area contributed by atoms with Gasteiger partial charge in [-0.05, 0) is 25.5 Å². The zero-order chi connectivity index (χ0) is 19.1. The van der Waals surface area contributed by atoms with E-state index in [0.717, 1.165) is 6.07 Å². The van der Waals surface area contributed by atoms with Crippen LogP contribution >= 0.6 is 7.92 Å². The topological polar surface area (TPSA) is 50.8 Å². The number of hydrogen-bond acceptors (Lipinski definition) is 3. The largest absolute Gasteiger partial charge is 0.431 e. The van der Waals surface area contributed by atoms with Gasteiger partial charge < -0.3 is 9.72 Å². The molecular weight excluding hydrogens is 376 g/mol. The lowest BCUT2D eigenvalue weighted by Gasteiger charge is -2.13. The van der Waals surface area contributed by atoms with Crippen molar-refractivity contribution in [3.8, 4) is 17.3 Å². The van der Waals surface area contributed by atoms with E-state index in [1.807, 2.05) is 13.3 Å². The van der Waals surface area contributed by atoms with E-state index in [0.29, 0.717) is 17.0 Å². The smallest absolute Gasteiger partial charge is 0.420 e. The van der Waals surface area contributed by atoms with Gasteiger partial charge in [-0.15, -0.1) is 0 Å². The van der Waals surface area contributed by atoms with E-state index in [1.54, 1.807) is 0 Å². The highest BCUT2D eigenvalue weighted by atomic mass is 31.1. The summed E-state index contributed by atoms with van der Waals surface area (Å²) in [5.74, 6) is -0.563. The molecule has 0 radical (unpaired) electrons. The van der Waals surface area contributed by atoms with Crippen molar-refractivity contribution in [2.45, 2.75) is 6.18 Å². The summed E-state index contributed by atoms with van der Waals surface area (Å²) < 4.78 is 71.0. The first kappa shape index (κ1) is 18.5. The molecule has 0 aliphatic carbocycles. The van der Waals surface area contributed by atoms with Crippen LogP contribution in [0.1, 0.15) is 5.56 Å². The molecule has 0 atom stereocenters. The molecule has 4 nitrogen and oxygen atoms in total. The van der Waals surface area contributed by atoms with E-state index in [4.69, 9.17) is 0 Å². The third-order valence-electron chi connectivity index (χ3n) is 3.73. The first-order valence-corrected chi connectivity index (χ1v) is 9.57. The van der Waals surface area contributed by atoms with Gasteiger partial charge in [0.25, 0.3) is 0 Å². The summed E-state index contributed by atoms with van der Waals surface area (Å²) in [7, 11) is -0.710. The molecule has 0 saturated heterocycles. The molecule has 0 fully saturated rings. The Hall–Kier alpha value is -2.28. The third-order valence-corrected chi connectivity index (χ3v) is 5.04. The maximum absolute atomic E-state index is 14.0. The first-order chi connectivity index (χ1) is 12.2. The number of nitrogens with one attached hydrogen (secondary N) is 1. The fourth-order valence-corrected chi connectivity index (χ4v) is 3.64. The fraction of sp³-hybridized carbons (Fsp3) is 0.250. The van der Waals surface area contributed by atoms with Crippen molar-refractivity contribution in [3.63, 3.8) is 0 Å². The monoisotopic (exact) mass is 389 g/mol. The van der Waals surface area contributed by atoms with E-state index < -0.39 is 44.0 Å². The van der Waals surface area contributed by atoms with Crippen molar-refractivity contribution in [1.82, 2.24) is 15.0 Å². The van der Waals surface area contributed by atoms with Crippen molar-refractivity contribution < 1.29 is 26.7 Å². The van der Waals surface area contributed by atoms with Gasteiger partial charge in [0, 0.05) is 28.6 Å². The summed E-state index contributed by atoms with van der Waals surface area (Å²) in [6, 6.07) is 1.97. The lowest BCUT2D eigenvalue weighted by atomic mass is 10.1. The Balaban J connectivity index is 2.31. The number of aromatic amines is 1. The fourth-order valence-electron chi connectivity index (χ4n) is 2.62. The average molecular weight is 389 g/mol. The minimum Gasteiger partial charge on any atom is -0.431 e. The van der Waals surface area contributed by atoms with Gasteiger partial charge in [-0.25, -0.2) is 13.8 Å². The molecule has 0 unspecified atom stereocenters. The van der Waals surface area contributed by atoms with Crippen molar-refractivity contribution >= 4 is 24.1 Å². The predicted molar refractivity (Wildman–Crippen MR) is 89.3 cm³/mol. The van der Waals surface area contributed by atoms with Crippen LogP contribution in [-0.2, 0) is 6.18 Å². The Labute approximate surface area is 146 Å². The summed E-state index contributed by atoms with van der Waals surface area (Å²) in [5, 5.41) is 0.940. The maximum Gasteiger partial charge on any atom is 0.420 e. The third kappa shape index (κ3) is 3.35. The van der Waals surface area contributed by atoms with Crippen LogP contribution in [0.25, 0.3) is 22.2 Å². The lowest BCUT2D eigenvalue weighted by Crippen LogP contribution is -2.11. The van der Waals surface area contributed by atoms with Gasteiger partial charge in [0.15, 0.2) is 0 Å². The van der Waals surface area contributed by atoms with Crippen LogP contribution in [0.3, 0.4) is 0 Å². The summed E-state index contributed by atoms with van der Waals surface area (Å²) in [6.45, 7) is 2.53. The standard InChI is InChI=1S/C16H13F5N3OP/c1-26(2)12-4-8(18)3-9-10(5-22-14(9)12)13-11(16(19,20)21)6-23-15(24-13)25-7-17/h3-6,22H,7H2,1-2H3. The number of rotatable bonds is 4. The number of ether oxygens (including phenoxy) is 1. The van der Waals surface area contributed by atoms with Crippen LogP contribution in [0.2, 0.25) is 0 Å². The molecule has 3 rings (SSSR count). The number of H-pyrrole nitrogens is 1. The van der Waals surface area contributed by atoms with Crippen LogP contribution in [0.4, 0.5) is 22.0 Å². The number of fused-ring (bicyclic) bond motifs is 1. The van der Waals surface area contributed by atoms with Gasteiger partial charge in [0.2, 0.25) is 6.86 Å². The molecule has 138 valence electrons. The Kier molecular flexibility index (Phi) is 4.84. The van der Waals surface area contributed by atoms with Crippen LogP contribution < -0.4 is 10.0 Å². The SMILES string of the molecule is CP(C)c1cc(F)cc2c(-c3nc(OCF)ncc3C(F)(F)F)c[nH]c12. The molecule has 26 heavy (non-hydrogen) atoms. The summed E-state index contributed by atoms with van der Waals surface area (Å²) in [4.78, 5) is 9.97. The number of halogens is 5. The van der Waals surface area contributed by atoms with Crippen LogP contribution in [0.5, 0.6) is 6.01 Å². The average Bonchev–Trinajstić information content (AvgIpc) is 2.96. The van der Waals surface area contributed by atoms with E-state index in [1.165, 1.54) is 12.3 Å². The van der Waals surface area contributed by atoms with Crippen molar-refractivity contribution in [2.75, 3.05) is 20.2 Å². The molecule has 10 heteroatoms. The Morgan fingerprint density at radius 3 is 2.58 bits per heavy atom. The predicted octanol–water partition coefficient (Wildman–Crippen LogP) is 4.46. The number of aromatic nitrogens is 3. The Morgan fingerprint density at radius 2 is 1.96 bits per heavy atom. The van der Waals surface area contributed by atoms with E-state index in [9.17, 15) is 22.0 Å². The molecule has 1 N–H and O–H groups in total. The molecule has 1 aromatic carbocycles. The normalized spacial score (nSPS) is 12.2. The second-order valence-corrected chi connectivity index (χ2v) is 7.88. The first-order valence-electron chi connectivity index (χ1n) is 7.33. The minimum absolute atomic E-state index is 0.0380. The van der Waals surface area contributed by atoms with E-state index >= 15 is 0 Å². The second kappa shape index (κ2) is 6.79. The molecule has 2 heterocycles. The van der Waals surface area contributed by atoms with Gasteiger partial charge in [-0.2, -0.15) is 18.2 Å². The van der Waals surface area contributed by atoms with Crippen LogP contribution in [-0.4, -0.2) is 35.1 Å². The highest BCUT2D eigenvalue weighted by Crippen LogP contribution is 2.40. The van der Waals surface area contributed by atoms with Gasteiger partial charge >= 0.3 is 12.2 Å². The number of nitrogens with zero attached hydrogens (tertiary/aromatic N) is 2. The zero-order valence-electron chi connectivity index (χ0n) is 13.7. The molecule has 3 aromatic rings. The Morgan fingerprint density at radius 1 is 1.23 bits per heavy atom. The van der Waals surface area contributed by atoms with E-state index in [-0.39, 0.29) is 10.9 Å². The van der Waals surface area contributed by atoms with Crippen LogP contribution in [0, 0.1) is 5.82 Å². The highest BCUT2D eigenvalue weighted by molar-refractivity contribution is 7.64. The Bertz CT molecular complexity index is 955. The second-order valence-electron chi connectivity index (χ2n) is 5.61. The molecule has 0 spiro atoms. The zero-order valence-corrected chi connectivity index (χ0v) is 14.6. The van der Waals surface area contributed by atoms with Gasteiger partial charge in [-0.1, -0.05) is 7.92 Å². The lowest BCUT2D eigenvalue weighted by molar-refractivity contribution is -0.137. The number of alkyl halides is 4. The molecule has 0 amide bonds. The summed E-state index contributed by atoms with van der Waals surface area (Å²) in [5.41, 5.74) is -1.05. The number of benzene rings is 1.